The molecule has 0 aromatic heterocycles. The van der Waals surface area contributed by atoms with Crippen molar-refractivity contribution in [3.05, 3.63) is 69.7 Å². The molecule has 132 valence electrons. The Hall–Kier alpha value is -1.35. The van der Waals surface area contributed by atoms with E-state index in [1.165, 1.54) is 0 Å². The van der Waals surface area contributed by atoms with E-state index in [2.05, 4.69) is 12.2 Å². The van der Waals surface area contributed by atoms with Gasteiger partial charge in [-0.05, 0) is 41.8 Å². The van der Waals surface area contributed by atoms with Gasteiger partial charge in [-0.25, -0.2) is 0 Å². The molecule has 4 heteroatoms. The van der Waals surface area contributed by atoms with Gasteiger partial charge in [0.05, 0.1) is 0 Å². The van der Waals surface area contributed by atoms with Gasteiger partial charge < -0.3 is 5.32 Å². The highest BCUT2D eigenvalue weighted by molar-refractivity contribution is 6.30. The fourth-order valence-corrected chi connectivity index (χ4v) is 4.05. The smallest absolute Gasteiger partial charge is 0.142 e. The number of piperidine rings is 1. The molecular formula is C21H23Cl2NO. The molecule has 2 aromatic carbocycles. The zero-order chi connectivity index (χ0) is 18.0. The lowest BCUT2D eigenvalue weighted by atomic mass is 9.74. The van der Waals surface area contributed by atoms with E-state index in [4.69, 9.17) is 23.2 Å². The highest BCUT2D eigenvalue weighted by Crippen LogP contribution is 2.40. The molecule has 1 aliphatic rings. The minimum Gasteiger partial charge on any atom is -0.302 e. The van der Waals surface area contributed by atoms with Crippen LogP contribution < -0.4 is 5.32 Å². The van der Waals surface area contributed by atoms with E-state index >= 15 is 0 Å². The first kappa shape index (κ1) is 18.4. The van der Waals surface area contributed by atoms with Gasteiger partial charge in [0.25, 0.3) is 0 Å². The van der Waals surface area contributed by atoms with E-state index in [0.717, 1.165) is 24.0 Å². The van der Waals surface area contributed by atoms with Gasteiger partial charge in [0.15, 0.2) is 0 Å². The maximum Gasteiger partial charge on any atom is 0.142 e. The number of hydrogen-bond donors (Lipinski definition) is 1. The van der Waals surface area contributed by atoms with Crippen molar-refractivity contribution < 1.29 is 4.79 Å². The van der Waals surface area contributed by atoms with Crippen LogP contribution in [0.1, 0.15) is 49.9 Å². The van der Waals surface area contributed by atoms with Crippen molar-refractivity contribution in [3.63, 3.8) is 0 Å². The molecule has 1 N–H and O–H groups in total. The lowest BCUT2D eigenvalue weighted by molar-refractivity contribution is -0.131. The maximum absolute atomic E-state index is 13.1. The van der Waals surface area contributed by atoms with Crippen LogP contribution in [0.4, 0.5) is 0 Å². The molecule has 4 atom stereocenters. The number of nitrogens with one attached hydrogen (secondary N) is 1. The predicted octanol–water partition coefficient (Wildman–Crippen LogP) is 6.00. The second kappa shape index (κ2) is 7.90. The Morgan fingerprint density at radius 1 is 0.880 bits per heavy atom. The average molecular weight is 376 g/mol. The van der Waals surface area contributed by atoms with Crippen molar-refractivity contribution in [2.75, 3.05) is 0 Å². The molecule has 1 heterocycles. The Labute approximate surface area is 159 Å². The minimum atomic E-state index is -0.0683. The van der Waals surface area contributed by atoms with Crippen LogP contribution in [0.15, 0.2) is 48.5 Å². The molecule has 0 saturated carbocycles. The first-order chi connectivity index (χ1) is 12.0. The second-order valence-electron chi connectivity index (χ2n) is 6.81. The van der Waals surface area contributed by atoms with E-state index in [1.54, 1.807) is 0 Å². The number of hydrogen-bond acceptors (Lipinski definition) is 2. The fraction of sp³-hybridized carbons (Fsp3) is 0.381. The van der Waals surface area contributed by atoms with E-state index < -0.39 is 0 Å². The molecule has 1 saturated heterocycles. The third-order valence-electron chi connectivity index (χ3n) is 5.13. The lowest BCUT2D eigenvalue weighted by Gasteiger charge is -2.41. The summed E-state index contributed by atoms with van der Waals surface area (Å²) in [4.78, 5) is 13.1. The molecule has 0 bridgehead atoms. The third kappa shape index (κ3) is 3.92. The summed E-state index contributed by atoms with van der Waals surface area (Å²) in [6.45, 7) is 4.15. The molecule has 0 unspecified atom stereocenters. The number of halogens is 2. The van der Waals surface area contributed by atoms with Crippen LogP contribution in [-0.4, -0.2) is 5.78 Å². The van der Waals surface area contributed by atoms with E-state index in [0.29, 0.717) is 15.8 Å². The summed E-state index contributed by atoms with van der Waals surface area (Å²) in [5, 5.41) is 5.15. The molecule has 0 aliphatic carbocycles. The van der Waals surface area contributed by atoms with Crippen LogP contribution in [0.25, 0.3) is 0 Å². The van der Waals surface area contributed by atoms with Gasteiger partial charge in [0.2, 0.25) is 0 Å². The first-order valence-corrected chi connectivity index (χ1v) is 9.57. The Kier molecular flexibility index (Phi) is 5.83. The monoisotopic (exact) mass is 375 g/mol. The quantitative estimate of drug-likeness (QED) is 0.709. The first-order valence-electron chi connectivity index (χ1n) is 8.82. The summed E-state index contributed by atoms with van der Waals surface area (Å²) in [7, 11) is 0. The molecule has 2 aromatic rings. The van der Waals surface area contributed by atoms with Crippen molar-refractivity contribution in [2.24, 2.45) is 11.8 Å². The third-order valence-corrected chi connectivity index (χ3v) is 5.64. The fourth-order valence-electron chi connectivity index (χ4n) is 3.79. The van der Waals surface area contributed by atoms with Gasteiger partial charge in [0.1, 0.15) is 5.78 Å². The minimum absolute atomic E-state index is 0.00148. The van der Waals surface area contributed by atoms with Crippen molar-refractivity contribution in [3.8, 4) is 0 Å². The number of Topliss-reactive ketones (excluding diaryl/α,β-unsaturated/α-hetero) is 1. The largest absolute Gasteiger partial charge is 0.302 e. The number of carbonyl (C=O) groups is 1. The topological polar surface area (TPSA) is 29.1 Å². The molecule has 25 heavy (non-hydrogen) atoms. The Bertz CT molecular complexity index is 727. The molecule has 1 fully saturated rings. The molecular weight excluding hydrogens is 353 g/mol. The highest BCUT2D eigenvalue weighted by Gasteiger charge is 2.41. The summed E-state index contributed by atoms with van der Waals surface area (Å²) in [6.07, 6.45) is 1.87. The van der Waals surface area contributed by atoms with Crippen molar-refractivity contribution >= 4 is 29.0 Å². The number of ketones is 1. The van der Waals surface area contributed by atoms with Crippen LogP contribution in [0.5, 0.6) is 0 Å². The molecule has 2 nitrogen and oxygen atoms in total. The van der Waals surface area contributed by atoms with Crippen LogP contribution >= 0.6 is 23.2 Å². The summed E-state index contributed by atoms with van der Waals surface area (Å²) in [5.41, 5.74) is 2.21. The van der Waals surface area contributed by atoms with Gasteiger partial charge >= 0.3 is 0 Å². The Morgan fingerprint density at radius 3 is 1.84 bits per heavy atom. The summed E-state index contributed by atoms with van der Waals surface area (Å²) >= 11 is 12.1. The Balaban J connectivity index is 1.96. The molecule has 1 aliphatic heterocycles. The summed E-state index contributed by atoms with van der Waals surface area (Å²) in [5.74, 6) is 0.256. The van der Waals surface area contributed by atoms with Gasteiger partial charge in [-0.3, -0.25) is 4.79 Å². The molecule has 0 radical (unpaired) electrons. The second-order valence-corrected chi connectivity index (χ2v) is 7.68. The number of benzene rings is 2. The number of rotatable bonds is 4. The normalized spacial score (nSPS) is 26.6. The van der Waals surface area contributed by atoms with Crippen LogP contribution in [-0.2, 0) is 4.79 Å². The standard InChI is InChI=1S/C21H23Cl2NO/c1-3-4-18-20(15-7-11-17(23)12-8-15)24-19(13(2)21(18)25)14-5-9-16(22)10-6-14/h5-13,18-20,24H,3-4H2,1-2H3/t13-,18-,19-,20-/m0/s1. The predicted molar refractivity (Wildman–Crippen MR) is 104 cm³/mol. The number of carbonyl (C=O) groups excluding carboxylic acids is 1. The van der Waals surface area contributed by atoms with E-state index in [1.807, 2.05) is 55.5 Å². The summed E-state index contributed by atoms with van der Waals surface area (Å²) < 4.78 is 0. The van der Waals surface area contributed by atoms with Crippen LogP contribution in [0.2, 0.25) is 10.0 Å². The van der Waals surface area contributed by atoms with Gasteiger partial charge in [-0.15, -0.1) is 0 Å². The van der Waals surface area contributed by atoms with E-state index in [9.17, 15) is 4.79 Å². The van der Waals surface area contributed by atoms with Gasteiger partial charge in [0, 0.05) is 34.0 Å². The van der Waals surface area contributed by atoms with Crippen molar-refractivity contribution in [1.82, 2.24) is 5.32 Å². The highest BCUT2D eigenvalue weighted by atomic mass is 35.5. The lowest BCUT2D eigenvalue weighted by Crippen LogP contribution is -2.47. The zero-order valence-electron chi connectivity index (χ0n) is 14.5. The molecule has 0 spiro atoms. The van der Waals surface area contributed by atoms with Crippen molar-refractivity contribution in [1.29, 1.82) is 0 Å². The average Bonchev–Trinajstić information content (AvgIpc) is 2.61. The Morgan fingerprint density at radius 2 is 1.36 bits per heavy atom. The molecule has 0 amide bonds. The van der Waals surface area contributed by atoms with Crippen LogP contribution in [0.3, 0.4) is 0 Å². The maximum atomic E-state index is 13.1. The van der Waals surface area contributed by atoms with Crippen molar-refractivity contribution in [2.45, 2.75) is 38.8 Å². The van der Waals surface area contributed by atoms with Crippen LogP contribution in [0, 0.1) is 11.8 Å². The summed E-state index contributed by atoms with van der Waals surface area (Å²) in [6, 6.07) is 15.6. The van der Waals surface area contributed by atoms with Gasteiger partial charge in [-0.1, -0.05) is 67.7 Å². The van der Waals surface area contributed by atoms with E-state index in [-0.39, 0.29) is 23.9 Å². The SMILES string of the molecule is CCC[C@@H]1C(=O)[C@@H](C)[C@@H](c2ccc(Cl)cc2)N[C@H]1c1ccc(Cl)cc1. The van der Waals surface area contributed by atoms with Gasteiger partial charge in [-0.2, -0.15) is 0 Å². The zero-order valence-corrected chi connectivity index (χ0v) is 16.0. The molecule has 3 rings (SSSR count).